The van der Waals surface area contributed by atoms with Crippen molar-refractivity contribution >= 4 is 0 Å². The average molecular weight is 283 g/mol. The zero-order valence-corrected chi connectivity index (χ0v) is 13.4. The van der Waals surface area contributed by atoms with E-state index >= 15 is 0 Å². The van der Waals surface area contributed by atoms with E-state index in [9.17, 15) is 0 Å². The van der Waals surface area contributed by atoms with Crippen LogP contribution in [0.25, 0.3) is 0 Å². The number of aryl methyl sites for hydroxylation is 2. The van der Waals surface area contributed by atoms with Crippen LogP contribution < -0.4 is 5.32 Å². The Morgan fingerprint density at radius 2 is 1.76 bits per heavy atom. The van der Waals surface area contributed by atoms with Gasteiger partial charge in [0, 0.05) is 13.7 Å². The molecule has 2 unspecified atom stereocenters. The van der Waals surface area contributed by atoms with Gasteiger partial charge in [0.15, 0.2) is 0 Å². The van der Waals surface area contributed by atoms with Gasteiger partial charge in [-0.3, -0.25) is 0 Å². The van der Waals surface area contributed by atoms with Gasteiger partial charge in [-0.15, -0.1) is 0 Å². The molecule has 2 atom stereocenters. The van der Waals surface area contributed by atoms with Crippen molar-refractivity contribution in [3.63, 3.8) is 0 Å². The SMILES string of the molecule is COC(C)CNC(c1ccccc1)c1ccc(C)cc1C. The fourth-order valence-corrected chi connectivity index (χ4v) is 2.57. The van der Waals surface area contributed by atoms with E-state index in [1.807, 2.05) is 0 Å². The normalized spacial score (nSPS) is 13.9. The fourth-order valence-electron chi connectivity index (χ4n) is 2.57. The lowest BCUT2D eigenvalue weighted by molar-refractivity contribution is 0.115. The summed E-state index contributed by atoms with van der Waals surface area (Å²) < 4.78 is 5.36. The molecule has 0 aliphatic heterocycles. The lowest BCUT2D eigenvalue weighted by Gasteiger charge is -2.23. The largest absolute Gasteiger partial charge is 0.380 e. The number of benzene rings is 2. The molecule has 0 saturated heterocycles. The Morgan fingerprint density at radius 3 is 2.38 bits per heavy atom. The van der Waals surface area contributed by atoms with Crippen LogP contribution >= 0.6 is 0 Å². The lowest BCUT2D eigenvalue weighted by Crippen LogP contribution is -2.31. The first kappa shape index (κ1) is 15.7. The van der Waals surface area contributed by atoms with E-state index in [2.05, 4.69) is 74.6 Å². The van der Waals surface area contributed by atoms with Crippen molar-refractivity contribution in [3.05, 3.63) is 70.8 Å². The Labute approximate surface area is 128 Å². The maximum atomic E-state index is 5.36. The number of hydrogen-bond donors (Lipinski definition) is 1. The van der Waals surface area contributed by atoms with E-state index in [1.165, 1.54) is 22.3 Å². The number of rotatable bonds is 6. The molecule has 0 bridgehead atoms. The smallest absolute Gasteiger partial charge is 0.0667 e. The molecule has 2 rings (SSSR count). The summed E-state index contributed by atoms with van der Waals surface area (Å²) in [5, 5.41) is 3.64. The quantitative estimate of drug-likeness (QED) is 0.864. The molecule has 1 N–H and O–H groups in total. The molecular weight excluding hydrogens is 258 g/mol. The van der Waals surface area contributed by atoms with Gasteiger partial charge < -0.3 is 10.1 Å². The fraction of sp³-hybridized carbons (Fsp3) is 0.368. The Bertz CT molecular complexity index is 565. The van der Waals surface area contributed by atoms with Crippen LogP contribution in [0.1, 0.15) is 35.2 Å². The molecule has 0 fully saturated rings. The first-order valence-electron chi connectivity index (χ1n) is 7.50. The van der Waals surface area contributed by atoms with E-state index in [1.54, 1.807) is 7.11 Å². The Morgan fingerprint density at radius 1 is 1.05 bits per heavy atom. The van der Waals surface area contributed by atoms with E-state index in [0.29, 0.717) is 0 Å². The second-order valence-corrected chi connectivity index (χ2v) is 5.66. The van der Waals surface area contributed by atoms with E-state index in [4.69, 9.17) is 4.74 Å². The van der Waals surface area contributed by atoms with Crippen LogP contribution in [0.3, 0.4) is 0 Å². The first-order chi connectivity index (χ1) is 10.1. The molecule has 0 aromatic heterocycles. The Kier molecular flexibility index (Phi) is 5.54. The van der Waals surface area contributed by atoms with Crippen LogP contribution in [0.15, 0.2) is 48.5 Å². The molecule has 2 aromatic carbocycles. The molecule has 0 amide bonds. The maximum absolute atomic E-state index is 5.36. The summed E-state index contributed by atoms with van der Waals surface area (Å²) in [5.41, 5.74) is 5.23. The summed E-state index contributed by atoms with van der Waals surface area (Å²) >= 11 is 0. The maximum Gasteiger partial charge on any atom is 0.0667 e. The summed E-state index contributed by atoms with van der Waals surface area (Å²) in [6, 6.07) is 17.4. The molecule has 0 radical (unpaired) electrons. The van der Waals surface area contributed by atoms with Crippen LogP contribution in [-0.2, 0) is 4.74 Å². The number of ether oxygens (including phenoxy) is 1. The van der Waals surface area contributed by atoms with E-state index < -0.39 is 0 Å². The standard InChI is InChI=1S/C19H25NO/c1-14-10-11-18(15(2)12-14)19(20-13-16(3)21-4)17-8-6-5-7-9-17/h5-12,16,19-20H,13H2,1-4H3. The number of hydrogen-bond acceptors (Lipinski definition) is 2. The number of methoxy groups -OCH3 is 1. The van der Waals surface area contributed by atoms with Crippen LogP contribution in [0, 0.1) is 13.8 Å². The minimum absolute atomic E-state index is 0.196. The molecule has 112 valence electrons. The van der Waals surface area contributed by atoms with Crippen molar-refractivity contribution in [2.45, 2.75) is 32.9 Å². The lowest BCUT2D eigenvalue weighted by atomic mass is 9.93. The highest BCUT2D eigenvalue weighted by molar-refractivity contribution is 5.38. The van der Waals surface area contributed by atoms with Gasteiger partial charge in [-0.1, -0.05) is 54.1 Å². The van der Waals surface area contributed by atoms with Gasteiger partial charge in [-0.05, 0) is 37.5 Å². The predicted molar refractivity (Wildman–Crippen MR) is 88.7 cm³/mol. The van der Waals surface area contributed by atoms with Gasteiger partial charge in [0.2, 0.25) is 0 Å². The average Bonchev–Trinajstić information content (AvgIpc) is 2.50. The molecule has 2 aromatic rings. The third-order valence-electron chi connectivity index (χ3n) is 3.88. The molecule has 0 aliphatic rings. The van der Waals surface area contributed by atoms with Crippen molar-refractivity contribution < 1.29 is 4.74 Å². The molecule has 0 heterocycles. The second kappa shape index (κ2) is 7.39. The monoisotopic (exact) mass is 283 g/mol. The van der Waals surface area contributed by atoms with Crippen molar-refractivity contribution in [1.29, 1.82) is 0 Å². The molecule has 21 heavy (non-hydrogen) atoms. The highest BCUT2D eigenvalue weighted by Gasteiger charge is 2.16. The predicted octanol–water partition coefficient (Wildman–Crippen LogP) is 4.02. The van der Waals surface area contributed by atoms with Crippen molar-refractivity contribution in [1.82, 2.24) is 5.32 Å². The van der Waals surface area contributed by atoms with Gasteiger partial charge in [-0.25, -0.2) is 0 Å². The van der Waals surface area contributed by atoms with Gasteiger partial charge in [-0.2, -0.15) is 0 Å². The highest BCUT2D eigenvalue weighted by atomic mass is 16.5. The highest BCUT2D eigenvalue weighted by Crippen LogP contribution is 2.25. The minimum atomic E-state index is 0.196. The molecule has 2 heteroatoms. The third-order valence-corrected chi connectivity index (χ3v) is 3.88. The molecular formula is C19H25NO. The third kappa shape index (κ3) is 4.16. The van der Waals surface area contributed by atoms with Crippen LogP contribution in [-0.4, -0.2) is 19.8 Å². The molecule has 2 nitrogen and oxygen atoms in total. The van der Waals surface area contributed by atoms with Gasteiger partial charge in [0.05, 0.1) is 12.1 Å². The van der Waals surface area contributed by atoms with E-state index in [-0.39, 0.29) is 12.1 Å². The second-order valence-electron chi connectivity index (χ2n) is 5.66. The Balaban J connectivity index is 2.31. The number of nitrogens with one attached hydrogen (secondary N) is 1. The van der Waals surface area contributed by atoms with Crippen molar-refractivity contribution in [2.24, 2.45) is 0 Å². The van der Waals surface area contributed by atoms with E-state index in [0.717, 1.165) is 6.54 Å². The molecule has 0 spiro atoms. The van der Waals surface area contributed by atoms with Crippen molar-refractivity contribution in [2.75, 3.05) is 13.7 Å². The summed E-state index contributed by atoms with van der Waals surface area (Å²) in [7, 11) is 1.75. The summed E-state index contributed by atoms with van der Waals surface area (Å²) in [4.78, 5) is 0. The zero-order valence-electron chi connectivity index (χ0n) is 13.4. The van der Waals surface area contributed by atoms with Gasteiger partial charge >= 0.3 is 0 Å². The van der Waals surface area contributed by atoms with Crippen LogP contribution in [0.5, 0.6) is 0 Å². The van der Waals surface area contributed by atoms with Gasteiger partial charge in [0.25, 0.3) is 0 Å². The van der Waals surface area contributed by atoms with Crippen molar-refractivity contribution in [3.8, 4) is 0 Å². The zero-order chi connectivity index (χ0) is 15.2. The topological polar surface area (TPSA) is 21.3 Å². The summed E-state index contributed by atoms with van der Waals surface area (Å²) in [5.74, 6) is 0. The molecule has 0 aliphatic carbocycles. The van der Waals surface area contributed by atoms with Crippen LogP contribution in [0.4, 0.5) is 0 Å². The van der Waals surface area contributed by atoms with Gasteiger partial charge in [0.1, 0.15) is 0 Å². The Hall–Kier alpha value is -1.64. The molecule has 0 saturated carbocycles. The summed E-state index contributed by atoms with van der Waals surface area (Å²) in [6.45, 7) is 7.22. The first-order valence-corrected chi connectivity index (χ1v) is 7.50. The minimum Gasteiger partial charge on any atom is -0.380 e. The van der Waals surface area contributed by atoms with Crippen LogP contribution in [0.2, 0.25) is 0 Å². The summed E-state index contributed by atoms with van der Waals surface area (Å²) in [6.07, 6.45) is 0.196.